The predicted octanol–water partition coefficient (Wildman–Crippen LogP) is -0.139. The number of methoxy groups -OCH3 is 4. The number of benzene rings is 2. The summed E-state index contributed by atoms with van der Waals surface area (Å²) in [5.74, 6) is -1.51. The molecule has 0 bridgehead atoms. The van der Waals surface area contributed by atoms with Gasteiger partial charge >= 0.3 is 0 Å². The van der Waals surface area contributed by atoms with E-state index in [1.54, 1.807) is 18.2 Å². The van der Waals surface area contributed by atoms with Gasteiger partial charge in [0.1, 0.15) is 24.4 Å². The van der Waals surface area contributed by atoms with Gasteiger partial charge in [-0.3, -0.25) is 0 Å². The van der Waals surface area contributed by atoms with Gasteiger partial charge in [-0.1, -0.05) is 0 Å². The van der Waals surface area contributed by atoms with E-state index in [-0.39, 0.29) is 47.7 Å². The first-order valence-corrected chi connectivity index (χ1v) is 13.1. The van der Waals surface area contributed by atoms with Crippen LogP contribution in [0.3, 0.4) is 0 Å². The second kappa shape index (κ2) is 12.9. The van der Waals surface area contributed by atoms with Crippen molar-refractivity contribution in [3.63, 3.8) is 0 Å². The monoisotopic (exact) mass is 582 g/mol. The number of ether oxygens (including phenoxy) is 6. The first-order valence-electron chi connectivity index (χ1n) is 13.1. The summed E-state index contributed by atoms with van der Waals surface area (Å²) in [6.45, 7) is -1.02. The highest BCUT2D eigenvalue weighted by Gasteiger charge is 2.46. The number of aliphatic hydroxyl groups excluding tert-OH is 5. The van der Waals surface area contributed by atoms with Crippen LogP contribution in [0.25, 0.3) is 0 Å². The molecule has 0 spiro atoms. The highest BCUT2D eigenvalue weighted by atomic mass is 16.7. The van der Waals surface area contributed by atoms with Crippen LogP contribution in [0.1, 0.15) is 22.6 Å². The van der Waals surface area contributed by atoms with E-state index in [0.29, 0.717) is 17.5 Å². The summed E-state index contributed by atoms with van der Waals surface area (Å²) in [5.41, 5.74) is 1.88. The van der Waals surface area contributed by atoms with Gasteiger partial charge in [0.15, 0.2) is 29.3 Å². The van der Waals surface area contributed by atoms with Gasteiger partial charge in [0, 0.05) is 18.1 Å². The topological polar surface area (TPSA) is 197 Å². The molecule has 2 aliphatic rings. The van der Waals surface area contributed by atoms with E-state index < -0.39 is 55.1 Å². The Balaban J connectivity index is 1.85. The molecule has 13 heteroatoms. The lowest BCUT2D eigenvalue weighted by Crippen LogP contribution is -2.59. The van der Waals surface area contributed by atoms with Crippen LogP contribution >= 0.6 is 0 Å². The fraction of sp³-hybridized carbons (Fsp3) is 0.571. The van der Waals surface area contributed by atoms with Crippen molar-refractivity contribution in [3.8, 4) is 34.5 Å². The Bertz CT molecular complexity index is 1180. The normalized spacial score (nSPS) is 29.5. The maximum atomic E-state index is 11.0. The largest absolute Gasteiger partial charge is 0.502 e. The molecule has 2 aromatic rings. The molecule has 0 aromatic heterocycles. The van der Waals surface area contributed by atoms with Gasteiger partial charge in [0.25, 0.3) is 0 Å². The number of phenols is 2. The molecule has 1 aliphatic heterocycles. The highest BCUT2D eigenvalue weighted by Crippen LogP contribution is 2.54. The Labute approximate surface area is 237 Å². The van der Waals surface area contributed by atoms with E-state index in [9.17, 15) is 35.7 Å². The molecule has 1 fully saturated rings. The molecule has 2 aromatic carbocycles. The van der Waals surface area contributed by atoms with E-state index >= 15 is 0 Å². The van der Waals surface area contributed by atoms with Crippen molar-refractivity contribution in [2.24, 2.45) is 11.8 Å². The number of aliphatic hydroxyl groups is 5. The van der Waals surface area contributed by atoms with Crippen LogP contribution in [0.4, 0.5) is 0 Å². The lowest BCUT2D eigenvalue weighted by Gasteiger charge is -2.43. The fourth-order valence-corrected chi connectivity index (χ4v) is 5.83. The highest BCUT2D eigenvalue weighted by molar-refractivity contribution is 5.64. The van der Waals surface area contributed by atoms with E-state index in [1.807, 2.05) is 0 Å². The second-order valence-corrected chi connectivity index (χ2v) is 10.1. The second-order valence-electron chi connectivity index (χ2n) is 10.1. The minimum atomic E-state index is -1.63. The van der Waals surface area contributed by atoms with Crippen LogP contribution in [-0.2, 0) is 15.9 Å². The minimum absolute atomic E-state index is 0.123. The van der Waals surface area contributed by atoms with Crippen LogP contribution < -0.4 is 18.9 Å². The number of aromatic hydroxyl groups is 2. The Morgan fingerprint density at radius 2 is 1.39 bits per heavy atom. The standard InChI is InChI=1S/C28H38O13/c1-36-16-7-13(8-17(37-2)22(16)31)20-15(11-40-28-26(35)25(34)23(32)19(10-30)41-28)14(9-29)5-12-6-18(38-3)24(33)27(39-4)21(12)20/h6-8,14-15,19-20,23,25-26,28-35H,5,9-11H2,1-4H3/t14-,15+,19+,20+,23+,25-,26+,28+/m0/s1. The average molecular weight is 583 g/mol. The SMILES string of the molecule is COc1cc([C@H]2c3c(cc(OC)c(O)c3OC)C[C@@H](CO)[C@H]2CO[C@@H]2O[C@H](CO)[C@@H](O)[C@H](O)[C@H]2O)cc(OC)c1O. The third-order valence-electron chi connectivity index (χ3n) is 7.99. The van der Waals surface area contributed by atoms with Gasteiger partial charge in [-0.2, -0.15) is 0 Å². The van der Waals surface area contributed by atoms with E-state index in [2.05, 4.69) is 0 Å². The zero-order chi connectivity index (χ0) is 30.0. The molecule has 41 heavy (non-hydrogen) atoms. The maximum absolute atomic E-state index is 11.0. The van der Waals surface area contributed by atoms with Crippen LogP contribution in [0.2, 0.25) is 0 Å². The number of fused-ring (bicyclic) bond motifs is 1. The molecule has 7 N–H and O–H groups in total. The number of hydrogen-bond donors (Lipinski definition) is 7. The van der Waals surface area contributed by atoms with Crippen molar-refractivity contribution >= 4 is 0 Å². The molecular formula is C28H38O13. The van der Waals surface area contributed by atoms with E-state index in [0.717, 1.165) is 5.56 Å². The van der Waals surface area contributed by atoms with Crippen molar-refractivity contribution in [3.05, 3.63) is 34.9 Å². The maximum Gasteiger partial charge on any atom is 0.201 e. The number of phenolic OH excluding ortho intramolecular Hbond substituents is 2. The molecule has 0 unspecified atom stereocenters. The molecule has 1 heterocycles. The van der Waals surface area contributed by atoms with Gasteiger partial charge in [0.05, 0.1) is 41.7 Å². The van der Waals surface area contributed by atoms with Crippen LogP contribution in [0.5, 0.6) is 34.5 Å². The summed E-state index contributed by atoms with van der Waals surface area (Å²) in [4.78, 5) is 0. The zero-order valence-electron chi connectivity index (χ0n) is 23.3. The van der Waals surface area contributed by atoms with Crippen molar-refractivity contribution in [1.29, 1.82) is 0 Å². The molecule has 8 atom stereocenters. The predicted molar refractivity (Wildman–Crippen MR) is 142 cm³/mol. The summed E-state index contributed by atoms with van der Waals surface area (Å²) in [6.07, 6.45) is -7.02. The van der Waals surface area contributed by atoms with Crippen LogP contribution in [0, 0.1) is 11.8 Å². The van der Waals surface area contributed by atoms with E-state index in [4.69, 9.17) is 28.4 Å². The van der Waals surface area contributed by atoms with Gasteiger partial charge < -0.3 is 64.2 Å². The molecular weight excluding hydrogens is 544 g/mol. The van der Waals surface area contributed by atoms with Crippen LogP contribution in [0.15, 0.2) is 18.2 Å². The smallest absolute Gasteiger partial charge is 0.201 e. The first-order chi connectivity index (χ1) is 19.6. The van der Waals surface area contributed by atoms with Gasteiger partial charge in [-0.15, -0.1) is 0 Å². The summed E-state index contributed by atoms with van der Waals surface area (Å²) >= 11 is 0. The summed E-state index contributed by atoms with van der Waals surface area (Å²) in [5, 5.41) is 72.6. The fourth-order valence-electron chi connectivity index (χ4n) is 5.83. The van der Waals surface area contributed by atoms with Crippen molar-refractivity contribution in [1.82, 2.24) is 0 Å². The third-order valence-corrected chi connectivity index (χ3v) is 7.99. The molecule has 0 radical (unpaired) electrons. The van der Waals surface area contributed by atoms with E-state index in [1.165, 1.54) is 28.4 Å². The van der Waals surface area contributed by atoms with Crippen molar-refractivity contribution in [2.45, 2.75) is 43.0 Å². The Morgan fingerprint density at radius 3 is 1.93 bits per heavy atom. The third kappa shape index (κ3) is 5.58. The molecule has 1 saturated heterocycles. The van der Waals surface area contributed by atoms with Gasteiger partial charge in [-0.05, 0) is 47.6 Å². The zero-order valence-corrected chi connectivity index (χ0v) is 23.3. The molecule has 228 valence electrons. The Hall–Kier alpha value is -3.04. The minimum Gasteiger partial charge on any atom is -0.502 e. The lowest BCUT2D eigenvalue weighted by molar-refractivity contribution is -0.304. The van der Waals surface area contributed by atoms with Crippen molar-refractivity contribution in [2.75, 3.05) is 48.3 Å². The molecule has 1 aliphatic carbocycles. The van der Waals surface area contributed by atoms with Crippen molar-refractivity contribution < 1.29 is 64.2 Å². The number of rotatable bonds is 10. The molecule has 13 nitrogen and oxygen atoms in total. The summed E-state index contributed by atoms with van der Waals surface area (Å²) in [7, 11) is 5.60. The molecule has 0 saturated carbocycles. The Kier molecular flexibility index (Phi) is 9.70. The first kappa shape index (κ1) is 30.9. The molecule has 4 rings (SSSR count). The van der Waals surface area contributed by atoms with Gasteiger partial charge in [0.2, 0.25) is 11.5 Å². The summed E-state index contributed by atoms with van der Waals surface area (Å²) in [6, 6.07) is 4.88. The van der Waals surface area contributed by atoms with Gasteiger partial charge in [-0.25, -0.2) is 0 Å². The summed E-state index contributed by atoms with van der Waals surface area (Å²) < 4.78 is 33.3. The number of hydrogen-bond acceptors (Lipinski definition) is 13. The quantitative estimate of drug-likeness (QED) is 0.196. The lowest BCUT2D eigenvalue weighted by atomic mass is 9.66. The average Bonchev–Trinajstić information content (AvgIpc) is 2.98. The molecule has 0 amide bonds. The van der Waals surface area contributed by atoms with Crippen LogP contribution in [-0.4, -0.2) is 115 Å². The Morgan fingerprint density at radius 1 is 0.780 bits per heavy atom.